The summed E-state index contributed by atoms with van der Waals surface area (Å²) in [6.07, 6.45) is 0. The van der Waals surface area contributed by atoms with Crippen LogP contribution in [0.15, 0.2) is 18.2 Å². The van der Waals surface area contributed by atoms with Crippen LogP contribution in [-0.4, -0.2) is 9.78 Å². The van der Waals surface area contributed by atoms with Crippen molar-refractivity contribution >= 4 is 22.5 Å². The molecule has 0 unspecified atom stereocenters. The van der Waals surface area contributed by atoms with Crippen LogP contribution in [0.1, 0.15) is 32.9 Å². The third kappa shape index (κ3) is 2.14. The van der Waals surface area contributed by atoms with Crippen molar-refractivity contribution in [2.75, 3.05) is 0 Å². The molecule has 1 heterocycles. The predicted molar refractivity (Wildman–Crippen MR) is 64.7 cm³/mol. The van der Waals surface area contributed by atoms with E-state index in [0.717, 1.165) is 5.56 Å². The molecule has 0 aliphatic rings. The van der Waals surface area contributed by atoms with Crippen molar-refractivity contribution in [1.29, 1.82) is 0 Å². The van der Waals surface area contributed by atoms with E-state index in [1.54, 1.807) is 6.07 Å². The molecule has 0 fully saturated rings. The normalized spacial score (nSPS) is 12.6. The van der Waals surface area contributed by atoms with E-state index in [-0.39, 0.29) is 10.6 Å². The summed E-state index contributed by atoms with van der Waals surface area (Å²) in [6, 6.07) is 5.30. The molecule has 0 aliphatic carbocycles. The molecule has 0 radical (unpaired) electrons. The molecule has 0 saturated heterocycles. The Balaban J connectivity index is 2.68. The number of nitrogens with zero attached hydrogens (tertiary/aromatic N) is 2. The van der Waals surface area contributed by atoms with Crippen LogP contribution in [0.2, 0.25) is 5.15 Å². The molecule has 17 heavy (non-hydrogen) atoms. The van der Waals surface area contributed by atoms with Gasteiger partial charge in [0.15, 0.2) is 5.15 Å². The Kier molecular flexibility index (Phi) is 2.86. The Morgan fingerprint density at radius 2 is 1.94 bits per heavy atom. The summed E-state index contributed by atoms with van der Waals surface area (Å²) in [6.45, 7) is 3.49. The van der Waals surface area contributed by atoms with Gasteiger partial charge in [-0.25, -0.2) is 4.68 Å². The minimum absolute atomic E-state index is 0.0511. The molecule has 0 N–H and O–H groups in total. The smallest absolute Gasteiger partial charge is 0.202 e. The number of hydrogen-bond acceptors (Lipinski definition) is 1. The van der Waals surface area contributed by atoms with Gasteiger partial charge in [0, 0.05) is 5.39 Å². The molecular weight excluding hydrogens is 246 g/mol. The topological polar surface area (TPSA) is 17.8 Å². The van der Waals surface area contributed by atoms with Crippen molar-refractivity contribution in [3.8, 4) is 0 Å². The third-order valence-corrected chi connectivity index (χ3v) is 2.99. The fourth-order valence-corrected chi connectivity index (χ4v) is 1.95. The summed E-state index contributed by atoms with van der Waals surface area (Å²) in [5, 5.41) is 4.33. The Hall–Kier alpha value is -1.16. The van der Waals surface area contributed by atoms with Crippen LogP contribution in [0.4, 0.5) is 8.78 Å². The summed E-state index contributed by atoms with van der Waals surface area (Å²) < 4.78 is 26.0. The SMILES string of the molecule is CC(C)(C)c1ccc2c(c1)c(Cl)nn2C(F)F. The summed E-state index contributed by atoms with van der Waals surface area (Å²) in [4.78, 5) is 0. The molecule has 1 aromatic heterocycles. The Labute approximate surface area is 103 Å². The van der Waals surface area contributed by atoms with Crippen molar-refractivity contribution in [2.24, 2.45) is 0 Å². The lowest BCUT2D eigenvalue weighted by Gasteiger charge is -2.18. The fraction of sp³-hybridized carbons (Fsp3) is 0.417. The first-order valence-corrected chi connectivity index (χ1v) is 5.65. The van der Waals surface area contributed by atoms with Crippen LogP contribution in [0.5, 0.6) is 0 Å². The quantitative estimate of drug-likeness (QED) is 0.742. The van der Waals surface area contributed by atoms with Crippen molar-refractivity contribution < 1.29 is 8.78 Å². The molecule has 2 aromatic rings. The van der Waals surface area contributed by atoms with Gasteiger partial charge in [0.1, 0.15) is 0 Å². The first kappa shape index (κ1) is 12.3. The molecule has 0 atom stereocenters. The second kappa shape index (κ2) is 3.95. The maximum atomic E-state index is 12.7. The van der Waals surface area contributed by atoms with Gasteiger partial charge in [0.05, 0.1) is 5.52 Å². The van der Waals surface area contributed by atoms with E-state index < -0.39 is 6.55 Å². The van der Waals surface area contributed by atoms with Crippen LogP contribution < -0.4 is 0 Å². The molecular formula is C12H13ClF2N2. The highest BCUT2D eigenvalue weighted by Gasteiger charge is 2.19. The van der Waals surface area contributed by atoms with Crippen LogP contribution in [-0.2, 0) is 5.41 Å². The highest BCUT2D eigenvalue weighted by molar-refractivity contribution is 6.34. The molecule has 0 bridgehead atoms. The standard InChI is InChI=1S/C12H13ClF2N2/c1-12(2,3)7-4-5-9-8(6-7)10(13)16-17(9)11(14)15/h4-6,11H,1-3H3. The predicted octanol–water partition coefficient (Wildman–Crippen LogP) is 4.38. The Morgan fingerprint density at radius 1 is 1.29 bits per heavy atom. The van der Waals surface area contributed by atoms with Crippen LogP contribution in [0.3, 0.4) is 0 Å². The minimum atomic E-state index is -2.68. The third-order valence-electron chi connectivity index (χ3n) is 2.71. The minimum Gasteiger partial charge on any atom is -0.202 e. The van der Waals surface area contributed by atoms with Crippen molar-refractivity contribution in [3.05, 3.63) is 28.9 Å². The van der Waals surface area contributed by atoms with Gasteiger partial charge in [-0.3, -0.25) is 0 Å². The average Bonchev–Trinajstić information content (AvgIpc) is 2.55. The molecule has 2 nitrogen and oxygen atoms in total. The van der Waals surface area contributed by atoms with Gasteiger partial charge in [-0.15, -0.1) is 0 Å². The van der Waals surface area contributed by atoms with E-state index in [4.69, 9.17) is 11.6 Å². The van der Waals surface area contributed by atoms with Gasteiger partial charge >= 0.3 is 6.55 Å². The Bertz CT molecular complexity index is 555. The molecule has 2 rings (SSSR count). The largest absolute Gasteiger partial charge is 0.333 e. The molecule has 5 heteroatoms. The zero-order chi connectivity index (χ0) is 12.8. The lowest BCUT2D eigenvalue weighted by atomic mass is 9.86. The maximum Gasteiger partial charge on any atom is 0.333 e. The zero-order valence-electron chi connectivity index (χ0n) is 9.84. The second-order valence-corrected chi connectivity index (χ2v) is 5.35. The highest BCUT2D eigenvalue weighted by atomic mass is 35.5. The fourth-order valence-electron chi connectivity index (χ4n) is 1.72. The van der Waals surface area contributed by atoms with Crippen molar-refractivity contribution in [3.63, 3.8) is 0 Å². The summed E-state index contributed by atoms with van der Waals surface area (Å²) >= 11 is 5.88. The molecule has 0 amide bonds. The summed E-state index contributed by atoms with van der Waals surface area (Å²) in [5.74, 6) is 0. The number of hydrogen-bond donors (Lipinski definition) is 0. The van der Waals surface area contributed by atoms with Crippen LogP contribution in [0, 0.1) is 0 Å². The monoisotopic (exact) mass is 258 g/mol. The average molecular weight is 259 g/mol. The first-order valence-electron chi connectivity index (χ1n) is 5.27. The lowest BCUT2D eigenvalue weighted by Crippen LogP contribution is -2.10. The van der Waals surface area contributed by atoms with Gasteiger partial charge in [-0.1, -0.05) is 38.4 Å². The van der Waals surface area contributed by atoms with Gasteiger partial charge in [0.25, 0.3) is 0 Å². The number of halogens is 3. The van der Waals surface area contributed by atoms with Gasteiger partial charge < -0.3 is 0 Å². The van der Waals surface area contributed by atoms with Gasteiger partial charge in [-0.2, -0.15) is 13.9 Å². The van der Waals surface area contributed by atoms with Crippen molar-refractivity contribution in [1.82, 2.24) is 9.78 Å². The van der Waals surface area contributed by atoms with E-state index in [2.05, 4.69) is 25.9 Å². The molecule has 0 aliphatic heterocycles. The van der Waals surface area contributed by atoms with Crippen LogP contribution >= 0.6 is 11.6 Å². The Morgan fingerprint density at radius 3 is 2.47 bits per heavy atom. The van der Waals surface area contributed by atoms with Crippen molar-refractivity contribution in [2.45, 2.75) is 32.7 Å². The molecule has 92 valence electrons. The second-order valence-electron chi connectivity index (χ2n) is 4.99. The number of alkyl halides is 2. The number of aromatic nitrogens is 2. The van der Waals surface area contributed by atoms with E-state index in [0.29, 0.717) is 15.6 Å². The molecule has 1 aromatic carbocycles. The summed E-state index contributed by atoms with van der Waals surface area (Å²) in [7, 11) is 0. The van der Waals surface area contributed by atoms with Gasteiger partial charge in [0.2, 0.25) is 0 Å². The first-order chi connectivity index (χ1) is 7.80. The summed E-state index contributed by atoms with van der Waals surface area (Å²) in [5.41, 5.74) is 1.35. The maximum absolute atomic E-state index is 12.7. The molecule has 0 spiro atoms. The van der Waals surface area contributed by atoms with Gasteiger partial charge in [-0.05, 0) is 23.1 Å². The lowest BCUT2D eigenvalue weighted by molar-refractivity contribution is 0.0615. The van der Waals surface area contributed by atoms with E-state index in [1.165, 1.54) is 0 Å². The van der Waals surface area contributed by atoms with E-state index >= 15 is 0 Å². The van der Waals surface area contributed by atoms with Crippen LogP contribution in [0.25, 0.3) is 10.9 Å². The van der Waals surface area contributed by atoms with E-state index in [1.807, 2.05) is 12.1 Å². The number of benzene rings is 1. The number of fused-ring (bicyclic) bond motifs is 1. The highest BCUT2D eigenvalue weighted by Crippen LogP contribution is 2.31. The number of rotatable bonds is 1. The van der Waals surface area contributed by atoms with E-state index in [9.17, 15) is 8.78 Å². The molecule has 0 saturated carbocycles. The zero-order valence-corrected chi connectivity index (χ0v) is 10.6.